The molecule has 2 fully saturated rings. The van der Waals surface area contributed by atoms with E-state index in [1.165, 1.54) is 0 Å². The first-order chi connectivity index (χ1) is 12.4. The molecule has 1 heterocycles. The molecule has 1 amide bonds. The summed E-state index contributed by atoms with van der Waals surface area (Å²) >= 11 is 0. The highest BCUT2D eigenvalue weighted by Crippen LogP contribution is 2.40. The largest absolute Gasteiger partial charge is 0.480 e. The van der Waals surface area contributed by atoms with Gasteiger partial charge in [0.05, 0.1) is 12.6 Å². The van der Waals surface area contributed by atoms with Crippen LogP contribution in [-0.4, -0.2) is 58.6 Å². The summed E-state index contributed by atoms with van der Waals surface area (Å²) in [4.78, 5) is 38.5. The molecule has 0 aromatic carbocycles. The number of likely N-dealkylation sites (tertiary alicyclic amines) is 1. The summed E-state index contributed by atoms with van der Waals surface area (Å²) in [5, 5.41) is 12.7. The minimum absolute atomic E-state index is 0.00817. The van der Waals surface area contributed by atoms with Crippen LogP contribution in [0.15, 0.2) is 0 Å². The Kier molecular flexibility index (Phi) is 7.43. The second-order valence-electron chi connectivity index (χ2n) is 7.43. The van der Waals surface area contributed by atoms with Gasteiger partial charge in [-0.25, -0.2) is 4.79 Å². The zero-order valence-electron chi connectivity index (χ0n) is 16.1. The topological polar surface area (TPSA) is 95.9 Å². The smallest absolute Gasteiger partial charge is 0.326 e. The van der Waals surface area contributed by atoms with Crippen molar-refractivity contribution in [1.29, 1.82) is 0 Å². The second-order valence-corrected chi connectivity index (χ2v) is 7.43. The van der Waals surface area contributed by atoms with Crippen LogP contribution in [0.4, 0.5) is 0 Å². The van der Waals surface area contributed by atoms with E-state index < -0.39 is 24.1 Å². The standard InChI is InChI=1S/C19H32N2O5/c1-4-8-14(19(25)26-5-2)20-12(3)17(22)21-15-10-7-6-9-13(15)11-16(21)18(23)24/h12-16,20H,4-11H2,1-3H3,(H,23,24)/t12-,13+,14+,15-,16+/m1/s1. The van der Waals surface area contributed by atoms with Crippen LogP contribution >= 0.6 is 0 Å². The zero-order valence-corrected chi connectivity index (χ0v) is 16.1. The molecule has 1 saturated carbocycles. The van der Waals surface area contributed by atoms with Crippen molar-refractivity contribution < 1.29 is 24.2 Å². The van der Waals surface area contributed by atoms with Gasteiger partial charge in [0.15, 0.2) is 0 Å². The van der Waals surface area contributed by atoms with E-state index in [9.17, 15) is 19.5 Å². The van der Waals surface area contributed by atoms with Crippen molar-refractivity contribution in [2.75, 3.05) is 6.61 Å². The molecule has 2 aliphatic rings. The van der Waals surface area contributed by atoms with Gasteiger partial charge in [-0.15, -0.1) is 0 Å². The highest BCUT2D eigenvalue weighted by molar-refractivity contribution is 5.88. The maximum atomic E-state index is 13.1. The molecule has 0 bridgehead atoms. The highest BCUT2D eigenvalue weighted by Gasteiger charge is 2.48. The first-order valence-corrected chi connectivity index (χ1v) is 9.88. The average molecular weight is 368 g/mol. The Hall–Kier alpha value is -1.63. The molecule has 1 saturated heterocycles. The van der Waals surface area contributed by atoms with Crippen LogP contribution in [0, 0.1) is 5.92 Å². The molecule has 26 heavy (non-hydrogen) atoms. The molecule has 0 unspecified atom stereocenters. The fraction of sp³-hybridized carbons (Fsp3) is 0.842. The predicted octanol–water partition coefficient (Wildman–Crippen LogP) is 1.94. The maximum Gasteiger partial charge on any atom is 0.326 e. The summed E-state index contributed by atoms with van der Waals surface area (Å²) in [5.74, 6) is -1.24. The summed E-state index contributed by atoms with van der Waals surface area (Å²) in [5.41, 5.74) is 0. The second kappa shape index (κ2) is 9.35. The summed E-state index contributed by atoms with van der Waals surface area (Å²) < 4.78 is 5.09. The van der Waals surface area contributed by atoms with Gasteiger partial charge in [0.25, 0.3) is 0 Å². The molecule has 0 spiro atoms. The van der Waals surface area contributed by atoms with Crippen LogP contribution in [0.1, 0.15) is 65.7 Å². The first-order valence-electron chi connectivity index (χ1n) is 9.88. The van der Waals surface area contributed by atoms with Crippen LogP contribution in [0.5, 0.6) is 0 Å². The van der Waals surface area contributed by atoms with Gasteiger partial charge in [-0.05, 0) is 45.4 Å². The molecule has 7 heteroatoms. The van der Waals surface area contributed by atoms with E-state index in [-0.39, 0.29) is 23.8 Å². The van der Waals surface area contributed by atoms with Crippen LogP contribution in [0.3, 0.4) is 0 Å². The normalized spacial score (nSPS) is 27.5. The van der Waals surface area contributed by atoms with Gasteiger partial charge in [-0.1, -0.05) is 26.2 Å². The van der Waals surface area contributed by atoms with Crippen LogP contribution in [0.25, 0.3) is 0 Å². The summed E-state index contributed by atoms with van der Waals surface area (Å²) in [6.45, 7) is 5.72. The van der Waals surface area contributed by atoms with Gasteiger partial charge in [0, 0.05) is 6.04 Å². The first kappa shape index (κ1) is 20.7. The molecule has 0 aromatic heterocycles. The van der Waals surface area contributed by atoms with E-state index >= 15 is 0 Å². The van der Waals surface area contributed by atoms with E-state index in [1.807, 2.05) is 6.92 Å². The van der Waals surface area contributed by atoms with Crippen LogP contribution in [0.2, 0.25) is 0 Å². The van der Waals surface area contributed by atoms with Crippen molar-refractivity contribution in [3.05, 3.63) is 0 Å². The van der Waals surface area contributed by atoms with E-state index in [2.05, 4.69) is 5.32 Å². The third-order valence-corrected chi connectivity index (χ3v) is 5.60. The van der Waals surface area contributed by atoms with Gasteiger partial charge in [0.1, 0.15) is 12.1 Å². The number of carboxylic acid groups (broad SMARTS) is 1. The van der Waals surface area contributed by atoms with Crippen molar-refractivity contribution in [3.63, 3.8) is 0 Å². The van der Waals surface area contributed by atoms with Gasteiger partial charge >= 0.3 is 11.9 Å². The highest BCUT2D eigenvalue weighted by atomic mass is 16.5. The number of carbonyl (C=O) groups excluding carboxylic acids is 2. The Labute approximate surface area is 155 Å². The lowest BCUT2D eigenvalue weighted by atomic mass is 9.84. The monoisotopic (exact) mass is 368 g/mol. The predicted molar refractivity (Wildman–Crippen MR) is 96.6 cm³/mol. The number of carbonyl (C=O) groups is 3. The Morgan fingerprint density at radius 1 is 1.23 bits per heavy atom. The fourth-order valence-corrected chi connectivity index (χ4v) is 4.39. The van der Waals surface area contributed by atoms with Crippen molar-refractivity contribution in [1.82, 2.24) is 10.2 Å². The lowest BCUT2D eigenvalue weighted by Gasteiger charge is -2.35. The molecule has 5 atom stereocenters. The lowest BCUT2D eigenvalue weighted by Crippen LogP contribution is -2.55. The molecule has 2 N–H and O–H groups in total. The molecule has 148 valence electrons. The van der Waals surface area contributed by atoms with Crippen LogP contribution < -0.4 is 5.32 Å². The van der Waals surface area contributed by atoms with E-state index in [0.29, 0.717) is 19.4 Å². The third-order valence-electron chi connectivity index (χ3n) is 5.60. The summed E-state index contributed by atoms with van der Waals surface area (Å²) in [7, 11) is 0. The van der Waals surface area contributed by atoms with E-state index in [4.69, 9.17) is 4.74 Å². The number of nitrogens with zero attached hydrogens (tertiary/aromatic N) is 1. The number of rotatable bonds is 8. The number of carboxylic acids is 1. The minimum atomic E-state index is -0.935. The van der Waals surface area contributed by atoms with E-state index in [0.717, 1.165) is 32.1 Å². The van der Waals surface area contributed by atoms with Gasteiger partial charge < -0.3 is 14.7 Å². The Bertz CT molecular complexity index is 524. The average Bonchev–Trinajstić information content (AvgIpc) is 3.00. The third kappa shape index (κ3) is 4.55. The maximum absolute atomic E-state index is 13.1. The fourth-order valence-electron chi connectivity index (χ4n) is 4.39. The van der Waals surface area contributed by atoms with Crippen molar-refractivity contribution >= 4 is 17.8 Å². The number of fused-ring (bicyclic) bond motifs is 1. The quantitative estimate of drug-likeness (QED) is 0.636. The Morgan fingerprint density at radius 2 is 1.92 bits per heavy atom. The number of hydrogen-bond donors (Lipinski definition) is 2. The number of esters is 1. The van der Waals surface area contributed by atoms with E-state index in [1.54, 1.807) is 18.7 Å². The molecule has 1 aliphatic carbocycles. The van der Waals surface area contributed by atoms with Crippen molar-refractivity contribution in [2.24, 2.45) is 5.92 Å². The Morgan fingerprint density at radius 3 is 2.54 bits per heavy atom. The van der Waals surface area contributed by atoms with Crippen molar-refractivity contribution in [3.8, 4) is 0 Å². The SMILES string of the molecule is CCC[C@H](N[C@H](C)C(=O)N1[C@@H]2CCCC[C@H]2C[C@H]1C(=O)O)C(=O)OCC. The molecule has 1 aliphatic heterocycles. The summed E-state index contributed by atoms with van der Waals surface area (Å²) in [6, 6.07) is -1.92. The molecule has 0 radical (unpaired) electrons. The van der Waals surface area contributed by atoms with Crippen LogP contribution in [-0.2, 0) is 19.1 Å². The number of amides is 1. The van der Waals surface area contributed by atoms with Gasteiger partial charge in [0.2, 0.25) is 5.91 Å². The molecule has 0 aromatic rings. The Balaban J connectivity index is 2.10. The molecular weight excluding hydrogens is 336 g/mol. The molecule has 2 rings (SSSR count). The van der Waals surface area contributed by atoms with Gasteiger partial charge in [-0.2, -0.15) is 0 Å². The molecule has 7 nitrogen and oxygen atoms in total. The number of ether oxygens (including phenoxy) is 1. The van der Waals surface area contributed by atoms with Crippen molar-refractivity contribution in [2.45, 2.75) is 89.9 Å². The number of hydrogen-bond acceptors (Lipinski definition) is 5. The summed E-state index contributed by atoms with van der Waals surface area (Å²) in [6.07, 6.45) is 5.87. The minimum Gasteiger partial charge on any atom is -0.480 e. The van der Waals surface area contributed by atoms with Gasteiger partial charge in [-0.3, -0.25) is 14.9 Å². The zero-order chi connectivity index (χ0) is 19.3. The lowest BCUT2D eigenvalue weighted by molar-refractivity contribution is -0.152. The molecular formula is C19H32N2O5. The number of nitrogens with one attached hydrogen (secondary N) is 1. The number of aliphatic carboxylic acids is 1.